The molecule has 0 aliphatic carbocycles. The molecule has 0 unspecified atom stereocenters. The molecule has 0 saturated carbocycles. The molecule has 2 aromatic carbocycles. The van der Waals surface area contributed by atoms with Crippen LogP contribution in [0.15, 0.2) is 54.6 Å². The van der Waals surface area contributed by atoms with Crippen LogP contribution in [0, 0.1) is 5.92 Å². The van der Waals surface area contributed by atoms with Crippen LogP contribution in [0.2, 0.25) is 0 Å². The number of ether oxygens (including phenoxy) is 1. The minimum absolute atomic E-state index is 0.0856. The fraction of sp³-hybridized carbons (Fsp3) is 0.333. The third-order valence-electron chi connectivity index (χ3n) is 4.40. The fourth-order valence-corrected chi connectivity index (χ4v) is 2.96. The van der Waals surface area contributed by atoms with Crippen molar-refractivity contribution < 1.29 is 23.9 Å². The van der Waals surface area contributed by atoms with Crippen LogP contribution in [0.25, 0.3) is 0 Å². The van der Waals surface area contributed by atoms with Gasteiger partial charge >= 0.3 is 5.97 Å². The number of nitrogens with one attached hydrogen (secondary N) is 2. The van der Waals surface area contributed by atoms with Gasteiger partial charge in [-0.05, 0) is 35.7 Å². The molecule has 0 fully saturated rings. The zero-order valence-corrected chi connectivity index (χ0v) is 18.0. The molecule has 2 rings (SSSR count). The number of carbonyl (C=O) groups is 4. The number of esters is 1. The summed E-state index contributed by atoms with van der Waals surface area (Å²) in [4.78, 5) is 47.8. The summed E-state index contributed by atoms with van der Waals surface area (Å²) in [6.07, 6.45) is 0.330. The maximum Gasteiger partial charge on any atom is 0.308 e. The van der Waals surface area contributed by atoms with Gasteiger partial charge in [0.2, 0.25) is 11.8 Å². The Balaban J connectivity index is 1.88. The van der Waals surface area contributed by atoms with Gasteiger partial charge in [0.1, 0.15) is 0 Å². The number of hydrogen-bond acceptors (Lipinski definition) is 5. The minimum atomic E-state index is -0.589. The number of benzene rings is 2. The zero-order valence-electron chi connectivity index (χ0n) is 18.0. The highest BCUT2D eigenvalue weighted by Gasteiger charge is 2.19. The standard InChI is InChI=1S/C24H28N2O5/c1-16(2)13-23(29)26-20-11-9-19(10-12-20)22(28)15-31-24(30)14-21(25-17(3)27)18-7-5-4-6-8-18/h4-12,16,21H,13-15H2,1-3H3,(H,25,27)(H,26,29)/t21-/m1/s1. The summed E-state index contributed by atoms with van der Waals surface area (Å²) in [6.45, 7) is 4.89. The van der Waals surface area contributed by atoms with Crippen molar-refractivity contribution in [3.05, 3.63) is 65.7 Å². The SMILES string of the molecule is CC(=O)N[C@H](CC(=O)OCC(=O)c1ccc(NC(=O)CC(C)C)cc1)c1ccccc1. The van der Waals surface area contributed by atoms with Crippen LogP contribution in [0.3, 0.4) is 0 Å². The molecule has 1 atom stereocenters. The highest BCUT2D eigenvalue weighted by atomic mass is 16.5. The van der Waals surface area contributed by atoms with E-state index in [0.717, 1.165) is 5.56 Å². The molecular weight excluding hydrogens is 396 g/mol. The molecule has 0 heterocycles. The highest BCUT2D eigenvalue weighted by molar-refractivity contribution is 5.98. The highest BCUT2D eigenvalue weighted by Crippen LogP contribution is 2.17. The smallest absolute Gasteiger partial charge is 0.308 e. The molecule has 2 aromatic rings. The van der Waals surface area contributed by atoms with E-state index in [1.54, 1.807) is 36.4 Å². The fourth-order valence-electron chi connectivity index (χ4n) is 2.96. The van der Waals surface area contributed by atoms with E-state index in [4.69, 9.17) is 4.74 Å². The maximum absolute atomic E-state index is 12.3. The molecule has 0 aliphatic rings. The van der Waals surface area contributed by atoms with Crippen molar-refractivity contribution >= 4 is 29.3 Å². The lowest BCUT2D eigenvalue weighted by Crippen LogP contribution is -2.29. The molecule has 0 bridgehead atoms. The van der Waals surface area contributed by atoms with E-state index in [1.807, 2.05) is 32.0 Å². The molecule has 0 aromatic heterocycles. The van der Waals surface area contributed by atoms with Gasteiger partial charge in [-0.25, -0.2) is 0 Å². The number of carbonyl (C=O) groups excluding carboxylic acids is 4. The van der Waals surface area contributed by atoms with Crippen LogP contribution < -0.4 is 10.6 Å². The van der Waals surface area contributed by atoms with E-state index in [-0.39, 0.29) is 29.9 Å². The lowest BCUT2D eigenvalue weighted by Gasteiger charge is -2.17. The maximum atomic E-state index is 12.3. The van der Waals surface area contributed by atoms with Gasteiger partial charge in [0, 0.05) is 24.6 Å². The lowest BCUT2D eigenvalue weighted by atomic mass is 10.0. The molecule has 7 nitrogen and oxygen atoms in total. The number of amides is 2. The van der Waals surface area contributed by atoms with Crippen LogP contribution >= 0.6 is 0 Å². The topological polar surface area (TPSA) is 102 Å². The van der Waals surface area contributed by atoms with E-state index in [1.165, 1.54) is 6.92 Å². The summed E-state index contributed by atoms with van der Waals surface area (Å²) in [5.74, 6) is -1.05. The Kier molecular flexibility index (Phi) is 8.94. The Bertz CT molecular complexity index is 907. The predicted octanol–water partition coefficient (Wildman–Crippen LogP) is 3.66. The molecule has 164 valence electrons. The predicted molar refractivity (Wildman–Crippen MR) is 117 cm³/mol. The molecule has 2 amide bonds. The second-order valence-electron chi connectivity index (χ2n) is 7.68. The van der Waals surface area contributed by atoms with Crippen molar-refractivity contribution in [2.75, 3.05) is 11.9 Å². The Morgan fingerprint density at radius 3 is 2.13 bits per heavy atom. The first-order chi connectivity index (χ1) is 14.7. The monoisotopic (exact) mass is 424 g/mol. The number of anilines is 1. The summed E-state index contributed by atoms with van der Waals surface area (Å²) < 4.78 is 5.12. The van der Waals surface area contributed by atoms with Crippen LogP contribution in [0.5, 0.6) is 0 Å². The van der Waals surface area contributed by atoms with Crippen LogP contribution in [-0.2, 0) is 19.1 Å². The minimum Gasteiger partial charge on any atom is -0.457 e. The van der Waals surface area contributed by atoms with Gasteiger partial charge in [-0.1, -0.05) is 44.2 Å². The van der Waals surface area contributed by atoms with Gasteiger partial charge < -0.3 is 15.4 Å². The van der Waals surface area contributed by atoms with Crippen molar-refractivity contribution in [1.29, 1.82) is 0 Å². The van der Waals surface area contributed by atoms with E-state index in [9.17, 15) is 19.2 Å². The zero-order chi connectivity index (χ0) is 22.8. The average molecular weight is 424 g/mol. The Morgan fingerprint density at radius 2 is 1.55 bits per heavy atom. The van der Waals surface area contributed by atoms with E-state index in [0.29, 0.717) is 17.7 Å². The van der Waals surface area contributed by atoms with Crippen LogP contribution in [0.1, 0.15) is 55.6 Å². The van der Waals surface area contributed by atoms with Crippen LogP contribution in [0.4, 0.5) is 5.69 Å². The van der Waals surface area contributed by atoms with Crippen molar-refractivity contribution in [2.45, 2.75) is 39.7 Å². The summed E-state index contributed by atoms with van der Waals surface area (Å²) >= 11 is 0. The second-order valence-corrected chi connectivity index (χ2v) is 7.68. The first-order valence-electron chi connectivity index (χ1n) is 10.2. The van der Waals surface area contributed by atoms with Crippen molar-refractivity contribution in [3.8, 4) is 0 Å². The summed E-state index contributed by atoms with van der Waals surface area (Å²) in [5.41, 5.74) is 1.74. The Hall–Kier alpha value is -3.48. The molecule has 0 radical (unpaired) electrons. The molecule has 0 saturated heterocycles. The summed E-state index contributed by atoms with van der Waals surface area (Å²) in [6, 6.07) is 15.0. The second kappa shape index (κ2) is 11.6. The van der Waals surface area contributed by atoms with Gasteiger partial charge in [-0.3, -0.25) is 19.2 Å². The average Bonchev–Trinajstić information content (AvgIpc) is 2.71. The molecule has 7 heteroatoms. The third kappa shape index (κ3) is 8.42. The molecular formula is C24H28N2O5. The molecule has 31 heavy (non-hydrogen) atoms. The summed E-state index contributed by atoms with van der Waals surface area (Å²) in [5, 5.41) is 5.49. The molecule has 0 spiro atoms. The van der Waals surface area contributed by atoms with Gasteiger partial charge in [-0.15, -0.1) is 0 Å². The Morgan fingerprint density at radius 1 is 0.903 bits per heavy atom. The first-order valence-corrected chi connectivity index (χ1v) is 10.2. The van der Waals surface area contributed by atoms with Gasteiger partial charge in [-0.2, -0.15) is 0 Å². The van der Waals surface area contributed by atoms with Crippen molar-refractivity contribution in [1.82, 2.24) is 5.32 Å². The van der Waals surface area contributed by atoms with Crippen molar-refractivity contribution in [2.24, 2.45) is 5.92 Å². The van der Waals surface area contributed by atoms with E-state index in [2.05, 4.69) is 10.6 Å². The first kappa shape index (κ1) is 23.8. The van der Waals surface area contributed by atoms with E-state index < -0.39 is 18.6 Å². The molecule has 0 aliphatic heterocycles. The van der Waals surface area contributed by atoms with Crippen LogP contribution in [-0.4, -0.2) is 30.2 Å². The largest absolute Gasteiger partial charge is 0.457 e. The normalized spacial score (nSPS) is 11.5. The number of ketones is 1. The van der Waals surface area contributed by atoms with Gasteiger partial charge in [0.25, 0.3) is 0 Å². The van der Waals surface area contributed by atoms with Gasteiger partial charge in [0.05, 0.1) is 12.5 Å². The molecule has 2 N–H and O–H groups in total. The summed E-state index contributed by atoms with van der Waals surface area (Å²) in [7, 11) is 0. The quantitative estimate of drug-likeness (QED) is 0.448. The number of hydrogen-bond donors (Lipinski definition) is 2. The third-order valence-corrected chi connectivity index (χ3v) is 4.40. The van der Waals surface area contributed by atoms with Gasteiger partial charge in [0.15, 0.2) is 12.4 Å². The van der Waals surface area contributed by atoms with E-state index >= 15 is 0 Å². The van der Waals surface area contributed by atoms with Crippen molar-refractivity contribution in [3.63, 3.8) is 0 Å². The Labute approximate surface area is 182 Å². The lowest BCUT2D eigenvalue weighted by molar-refractivity contribution is -0.143. The number of rotatable bonds is 10. The number of Topliss-reactive ketones (excluding diaryl/α,β-unsaturated/α-hetero) is 1.